The van der Waals surface area contributed by atoms with E-state index in [-0.39, 0.29) is 24.9 Å². The molecule has 0 spiro atoms. The number of carbonyl (C=O) groups is 2. The molecule has 0 bridgehead atoms. The molecule has 3 rings (SSSR count). The van der Waals surface area contributed by atoms with Crippen LogP contribution in [0.2, 0.25) is 5.15 Å². The van der Waals surface area contributed by atoms with Crippen LogP contribution in [0, 0.1) is 12.8 Å². The number of carboxylic acids is 1. The molecule has 0 fully saturated rings. The molecule has 1 amide bonds. The number of furan rings is 1. The van der Waals surface area contributed by atoms with Crippen molar-refractivity contribution in [1.82, 2.24) is 10.3 Å². The Balaban J connectivity index is 1.75. The van der Waals surface area contributed by atoms with E-state index in [0.29, 0.717) is 16.6 Å². The normalized spacial score (nSPS) is 11.9. The summed E-state index contributed by atoms with van der Waals surface area (Å²) in [5.41, 5.74) is 3.26. The quantitative estimate of drug-likeness (QED) is 0.328. The van der Waals surface area contributed by atoms with Crippen LogP contribution in [0.25, 0.3) is 11.3 Å². The number of carbonyl (C=O) groups excluding carboxylic acids is 1. The summed E-state index contributed by atoms with van der Waals surface area (Å²) >= 11 is 5.90. The molecule has 2 aromatic heterocycles. The minimum absolute atomic E-state index is 0.0120. The van der Waals surface area contributed by atoms with Crippen molar-refractivity contribution in [3.63, 3.8) is 0 Å². The number of anilines is 1. The van der Waals surface area contributed by atoms with E-state index in [4.69, 9.17) is 21.1 Å². The zero-order valence-corrected chi connectivity index (χ0v) is 19.6. The maximum absolute atomic E-state index is 12.2. The van der Waals surface area contributed by atoms with Gasteiger partial charge < -0.3 is 20.2 Å². The number of aliphatic carboxylic acids is 1. The molecule has 1 atom stereocenters. The number of benzene rings is 1. The molecule has 0 aliphatic heterocycles. The van der Waals surface area contributed by atoms with Gasteiger partial charge in [0.2, 0.25) is 0 Å². The third-order valence-corrected chi connectivity index (χ3v) is 5.39. The zero-order chi connectivity index (χ0) is 24.0. The lowest BCUT2D eigenvalue weighted by molar-refractivity contribution is -0.136. The maximum atomic E-state index is 12.2. The van der Waals surface area contributed by atoms with Crippen molar-refractivity contribution in [3.05, 3.63) is 70.7 Å². The molecule has 0 saturated carbocycles. The summed E-state index contributed by atoms with van der Waals surface area (Å²) in [7, 11) is 0. The first-order chi connectivity index (χ1) is 15.7. The first-order valence-corrected chi connectivity index (χ1v) is 11.2. The van der Waals surface area contributed by atoms with Crippen LogP contribution in [-0.4, -0.2) is 28.5 Å². The lowest BCUT2D eigenvalue weighted by atomic mass is 9.96. The van der Waals surface area contributed by atoms with Crippen molar-refractivity contribution >= 4 is 29.2 Å². The van der Waals surface area contributed by atoms with Gasteiger partial charge in [-0.05, 0) is 61.7 Å². The number of hydrogen-bond acceptors (Lipinski definition) is 5. The Labute approximate surface area is 198 Å². The summed E-state index contributed by atoms with van der Waals surface area (Å²) in [5, 5.41) is 15.3. The summed E-state index contributed by atoms with van der Waals surface area (Å²) in [6.07, 6.45) is 2.46. The number of carboxylic acid groups (broad SMARTS) is 1. The van der Waals surface area contributed by atoms with Gasteiger partial charge in [-0.15, -0.1) is 0 Å². The van der Waals surface area contributed by atoms with Crippen molar-refractivity contribution in [2.75, 3.05) is 11.9 Å². The molecule has 174 valence electrons. The van der Waals surface area contributed by atoms with Gasteiger partial charge in [0.25, 0.3) is 5.91 Å². The minimum Gasteiger partial charge on any atom is -0.481 e. The van der Waals surface area contributed by atoms with Gasteiger partial charge in [0, 0.05) is 35.1 Å². The van der Waals surface area contributed by atoms with Gasteiger partial charge in [0.15, 0.2) is 0 Å². The van der Waals surface area contributed by atoms with E-state index in [1.807, 2.05) is 31.2 Å². The second-order valence-corrected chi connectivity index (χ2v) is 8.68. The number of rotatable bonds is 10. The van der Waals surface area contributed by atoms with Gasteiger partial charge in [-0.1, -0.05) is 25.4 Å². The SMILES string of the molecule is Cc1oc(-c2ccc(Cl)nc2)cc1C(CC(C)C)Nc1ccc(C(=O)NCCC(=O)O)cc1. The average Bonchev–Trinajstić information content (AvgIpc) is 3.15. The molecule has 0 aliphatic carbocycles. The fraction of sp³-hybridized carbons (Fsp3) is 0.320. The summed E-state index contributed by atoms with van der Waals surface area (Å²) in [6.45, 7) is 6.37. The highest BCUT2D eigenvalue weighted by Gasteiger charge is 2.20. The molecule has 0 radical (unpaired) electrons. The first kappa shape index (κ1) is 24.3. The smallest absolute Gasteiger partial charge is 0.305 e. The first-order valence-electron chi connectivity index (χ1n) is 10.8. The Morgan fingerprint density at radius 3 is 2.48 bits per heavy atom. The lowest BCUT2D eigenvalue weighted by Crippen LogP contribution is -2.25. The third-order valence-electron chi connectivity index (χ3n) is 5.16. The van der Waals surface area contributed by atoms with Crippen molar-refractivity contribution < 1.29 is 19.1 Å². The standard InChI is InChI=1S/C25H28ClN3O4/c1-15(2)12-21(20-13-22(33-16(20)3)18-6-9-23(26)28-14-18)29-19-7-4-17(5-8-19)25(32)27-11-10-24(30)31/h4-9,13-15,21,29H,10-12H2,1-3H3,(H,27,32)(H,30,31). The van der Waals surface area contributed by atoms with Gasteiger partial charge >= 0.3 is 5.97 Å². The molecule has 2 heterocycles. The number of aryl methyl sites for hydroxylation is 1. The molecule has 7 nitrogen and oxygen atoms in total. The lowest BCUT2D eigenvalue weighted by Gasteiger charge is -2.21. The highest BCUT2D eigenvalue weighted by molar-refractivity contribution is 6.29. The van der Waals surface area contributed by atoms with E-state index in [0.717, 1.165) is 34.8 Å². The summed E-state index contributed by atoms with van der Waals surface area (Å²) in [6, 6.07) is 12.8. The fourth-order valence-corrected chi connectivity index (χ4v) is 3.66. The van der Waals surface area contributed by atoms with Crippen LogP contribution in [0.3, 0.4) is 0 Å². The van der Waals surface area contributed by atoms with E-state index < -0.39 is 5.97 Å². The number of pyridine rings is 1. The van der Waals surface area contributed by atoms with Crippen LogP contribution >= 0.6 is 11.6 Å². The van der Waals surface area contributed by atoms with Gasteiger partial charge in [-0.3, -0.25) is 9.59 Å². The van der Waals surface area contributed by atoms with E-state index in [1.165, 1.54) is 0 Å². The van der Waals surface area contributed by atoms with E-state index in [2.05, 4.69) is 29.5 Å². The second kappa shape index (κ2) is 11.0. The zero-order valence-electron chi connectivity index (χ0n) is 18.9. The second-order valence-electron chi connectivity index (χ2n) is 8.30. The Bertz CT molecular complexity index is 1090. The molecular formula is C25H28ClN3O4. The van der Waals surface area contributed by atoms with Crippen molar-refractivity contribution in [1.29, 1.82) is 0 Å². The Morgan fingerprint density at radius 1 is 1.15 bits per heavy atom. The Hall–Kier alpha value is -3.32. The number of nitrogens with one attached hydrogen (secondary N) is 2. The van der Waals surface area contributed by atoms with Gasteiger partial charge in [0.1, 0.15) is 16.7 Å². The average molecular weight is 470 g/mol. The van der Waals surface area contributed by atoms with Crippen LogP contribution < -0.4 is 10.6 Å². The summed E-state index contributed by atoms with van der Waals surface area (Å²) in [4.78, 5) is 26.9. The summed E-state index contributed by atoms with van der Waals surface area (Å²) in [5.74, 6) is 0.754. The number of halogens is 1. The van der Waals surface area contributed by atoms with Crippen LogP contribution in [0.5, 0.6) is 0 Å². The number of aromatic nitrogens is 1. The molecule has 1 aromatic carbocycles. The largest absolute Gasteiger partial charge is 0.481 e. The van der Waals surface area contributed by atoms with Crippen LogP contribution in [0.15, 0.2) is 53.1 Å². The number of nitrogens with zero attached hydrogens (tertiary/aromatic N) is 1. The number of amides is 1. The van der Waals surface area contributed by atoms with Crippen molar-refractivity contribution in [2.45, 2.75) is 39.7 Å². The molecule has 1 unspecified atom stereocenters. The van der Waals surface area contributed by atoms with Gasteiger partial charge in [-0.25, -0.2) is 4.98 Å². The molecule has 0 saturated heterocycles. The monoisotopic (exact) mass is 469 g/mol. The van der Waals surface area contributed by atoms with Gasteiger partial charge in [0.05, 0.1) is 12.5 Å². The topological polar surface area (TPSA) is 104 Å². The predicted molar refractivity (Wildman–Crippen MR) is 129 cm³/mol. The highest BCUT2D eigenvalue weighted by atomic mass is 35.5. The fourth-order valence-electron chi connectivity index (χ4n) is 3.55. The van der Waals surface area contributed by atoms with E-state index in [9.17, 15) is 9.59 Å². The molecule has 8 heteroatoms. The van der Waals surface area contributed by atoms with Crippen molar-refractivity contribution in [2.24, 2.45) is 5.92 Å². The van der Waals surface area contributed by atoms with E-state index in [1.54, 1.807) is 24.4 Å². The molecule has 3 aromatic rings. The van der Waals surface area contributed by atoms with Gasteiger partial charge in [-0.2, -0.15) is 0 Å². The summed E-state index contributed by atoms with van der Waals surface area (Å²) < 4.78 is 6.03. The Kier molecular flexibility index (Phi) is 8.11. The maximum Gasteiger partial charge on any atom is 0.305 e. The molecular weight excluding hydrogens is 442 g/mol. The Morgan fingerprint density at radius 2 is 1.88 bits per heavy atom. The minimum atomic E-state index is -0.948. The van der Waals surface area contributed by atoms with Crippen LogP contribution in [0.4, 0.5) is 5.69 Å². The third kappa shape index (κ3) is 6.83. The van der Waals surface area contributed by atoms with Crippen LogP contribution in [-0.2, 0) is 4.79 Å². The molecule has 0 aliphatic rings. The predicted octanol–water partition coefficient (Wildman–Crippen LogP) is 5.71. The highest BCUT2D eigenvalue weighted by Crippen LogP contribution is 2.34. The molecule has 3 N–H and O–H groups in total. The molecule has 33 heavy (non-hydrogen) atoms. The number of hydrogen-bond donors (Lipinski definition) is 3. The van der Waals surface area contributed by atoms with Crippen molar-refractivity contribution in [3.8, 4) is 11.3 Å². The van der Waals surface area contributed by atoms with E-state index >= 15 is 0 Å². The van der Waals surface area contributed by atoms with Crippen LogP contribution in [0.1, 0.15) is 54.4 Å².